The molecule has 0 amide bonds. The molecule has 1 aliphatic heterocycles. The lowest BCUT2D eigenvalue weighted by Gasteiger charge is -2.37. The number of piperidine rings is 1. The number of aliphatic hydroxyl groups excluding tert-OH is 1. The molecule has 1 aromatic heterocycles. The van der Waals surface area contributed by atoms with Crippen molar-refractivity contribution in [2.45, 2.75) is 33.3 Å². The summed E-state index contributed by atoms with van der Waals surface area (Å²) in [4.78, 5) is 6.89. The number of nitrogens with one attached hydrogen (secondary N) is 1. The maximum atomic E-state index is 10.1. The molecule has 118 valence electrons. The van der Waals surface area contributed by atoms with Crippen molar-refractivity contribution >= 4 is 5.96 Å². The van der Waals surface area contributed by atoms with Crippen molar-refractivity contribution in [2.24, 2.45) is 16.8 Å². The van der Waals surface area contributed by atoms with E-state index >= 15 is 0 Å². The molecule has 2 rings (SSSR count). The van der Waals surface area contributed by atoms with Crippen LogP contribution in [-0.4, -0.2) is 42.1 Å². The smallest absolute Gasteiger partial charge is 0.194 e. The minimum absolute atomic E-state index is 0.315. The third-order valence-electron chi connectivity index (χ3n) is 3.79. The lowest BCUT2D eigenvalue weighted by Crippen LogP contribution is -2.48. The maximum absolute atomic E-state index is 10.1. The average Bonchev–Trinajstić information content (AvgIpc) is 2.96. The molecular weight excluding hydrogens is 266 g/mol. The Morgan fingerprint density at radius 2 is 2.19 bits per heavy atom. The molecule has 0 radical (unpaired) electrons. The van der Waals surface area contributed by atoms with Gasteiger partial charge in [0.25, 0.3) is 0 Å². The van der Waals surface area contributed by atoms with E-state index in [0.29, 0.717) is 24.1 Å². The molecule has 0 aliphatic carbocycles. The highest BCUT2D eigenvalue weighted by molar-refractivity contribution is 5.80. The van der Waals surface area contributed by atoms with Gasteiger partial charge in [-0.2, -0.15) is 0 Å². The fraction of sp³-hybridized carbons (Fsp3) is 0.688. The number of rotatable bonds is 4. The van der Waals surface area contributed by atoms with Crippen LogP contribution in [0.1, 0.15) is 39.1 Å². The second kappa shape index (κ2) is 7.50. The molecule has 3 atom stereocenters. The predicted molar refractivity (Wildman–Crippen MR) is 84.2 cm³/mol. The molecule has 0 saturated carbocycles. The molecule has 2 heterocycles. The largest absolute Gasteiger partial charge is 0.467 e. The molecule has 1 aromatic rings. The van der Waals surface area contributed by atoms with Crippen LogP contribution >= 0.6 is 0 Å². The zero-order valence-corrected chi connectivity index (χ0v) is 13.2. The van der Waals surface area contributed by atoms with Gasteiger partial charge >= 0.3 is 0 Å². The number of hydrogen-bond donors (Lipinski definition) is 2. The lowest BCUT2D eigenvalue weighted by atomic mass is 9.92. The number of likely N-dealkylation sites (tertiary alicyclic amines) is 1. The Morgan fingerprint density at radius 1 is 1.48 bits per heavy atom. The van der Waals surface area contributed by atoms with Crippen molar-refractivity contribution < 1.29 is 9.52 Å². The first-order valence-electron chi connectivity index (χ1n) is 7.84. The van der Waals surface area contributed by atoms with Gasteiger partial charge in [0, 0.05) is 19.6 Å². The second-order valence-electron chi connectivity index (χ2n) is 6.08. The summed E-state index contributed by atoms with van der Waals surface area (Å²) >= 11 is 0. The second-order valence-corrected chi connectivity index (χ2v) is 6.08. The minimum atomic E-state index is -0.687. The highest BCUT2D eigenvalue weighted by Crippen LogP contribution is 2.21. The fourth-order valence-corrected chi connectivity index (χ4v) is 3.01. The fourth-order valence-electron chi connectivity index (χ4n) is 3.01. The van der Waals surface area contributed by atoms with Crippen LogP contribution in [0.2, 0.25) is 0 Å². The summed E-state index contributed by atoms with van der Waals surface area (Å²) in [6, 6.07) is 3.56. The van der Waals surface area contributed by atoms with Gasteiger partial charge < -0.3 is 19.7 Å². The molecule has 0 aromatic carbocycles. The SMILES string of the molecule is CCNC(=NCC(O)c1ccco1)N1CC(C)CC(C)C1. The summed E-state index contributed by atoms with van der Waals surface area (Å²) in [5.41, 5.74) is 0. The van der Waals surface area contributed by atoms with Crippen LogP contribution in [0.15, 0.2) is 27.8 Å². The van der Waals surface area contributed by atoms with Gasteiger partial charge in [-0.05, 0) is 37.3 Å². The van der Waals surface area contributed by atoms with E-state index in [0.717, 1.165) is 25.6 Å². The third kappa shape index (κ3) is 4.49. The Kier molecular flexibility index (Phi) is 5.67. The van der Waals surface area contributed by atoms with Gasteiger partial charge in [0.2, 0.25) is 0 Å². The Morgan fingerprint density at radius 3 is 2.76 bits per heavy atom. The molecule has 5 heteroatoms. The van der Waals surface area contributed by atoms with E-state index in [1.165, 1.54) is 6.42 Å². The van der Waals surface area contributed by atoms with Crippen LogP contribution in [0.25, 0.3) is 0 Å². The quantitative estimate of drug-likeness (QED) is 0.660. The van der Waals surface area contributed by atoms with Crippen molar-refractivity contribution in [3.8, 4) is 0 Å². The molecule has 1 saturated heterocycles. The van der Waals surface area contributed by atoms with Crippen molar-refractivity contribution in [3.63, 3.8) is 0 Å². The van der Waals surface area contributed by atoms with Gasteiger partial charge in [-0.25, -0.2) is 4.99 Å². The first kappa shape index (κ1) is 15.9. The van der Waals surface area contributed by atoms with Crippen LogP contribution in [-0.2, 0) is 0 Å². The van der Waals surface area contributed by atoms with E-state index in [2.05, 4.69) is 36.0 Å². The third-order valence-corrected chi connectivity index (χ3v) is 3.79. The van der Waals surface area contributed by atoms with E-state index in [-0.39, 0.29) is 0 Å². The molecule has 3 unspecified atom stereocenters. The first-order valence-corrected chi connectivity index (χ1v) is 7.84. The normalized spacial score (nSPS) is 25.0. The van der Waals surface area contributed by atoms with Gasteiger partial charge in [-0.15, -0.1) is 0 Å². The van der Waals surface area contributed by atoms with Gasteiger partial charge in [-0.3, -0.25) is 0 Å². The Hall–Kier alpha value is -1.49. The summed E-state index contributed by atoms with van der Waals surface area (Å²) in [5.74, 6) is 2.80. The van der Waals surface area contributed by atoms with Crippen LogP contribution < -0.4 is 5.32 Å². The summed E-state index contributed by atoms with van der Waals surface area (Å²) in [7, 11) is 0. The number of hydrogen-bond acceptors (Lipinski definition) is 3. The molecular formula is C16H27N3O2. The van der Waals surface area contributed by atoms with Crippen molar-refractivity contribution in [1.29, 1.82) is 0 Å². The van der Waals surface area contributed by atoms with E-state index in [9.17, 15) is 5.11 Å². The Bertz CT molecular complexity index is 434. The summed E-state index contributed by atoms with van der Waals surface area (Å²) in [5, 5.41) is 13.4. The van der Waals surface area contributed by atoms with Gasteiger partial charge in [0.15, 0.2) is 5.96 Å². The molecule has 5 nitrogen and oxygen atoms in total. The minimum Gasteiger partial charge on any atom is -0.467 e. The van der Waals surface area contributed by atoms with Crippen molar-refractivity contribution in [2.75, 3.05) is 26.2 Å². The molecule has 1 aliphatic rings. The van der Waals surface area contributed by atoms with Crippen LogP contribution in [0.3, 0.4) is 0 Å². The molecule has 21 heavy (non-hydrogen) atoms. The van der Waals surface area contributed by atoms with Gasteiger partial charge in [-0.1, -0.05) is 13.8 Å². The van der Waals surface area contributed by atoms with Crippen molar-refractivity contribution in [3.05, 3.63) is 24.2 Å². The topological polar surface area (TPSA) is 61.0 Å². The predicted octanol–water partition coefficient (Wildman–Crippen LogP) is 2.26. The standard InChI is InChI=1S/C16H27N3O2/c1-4-17-16(19-10-12(2)8-13(3)11-19)18-9-14(20)15-6-5-7-21-15/h5-7,12-14,20H,4,8-11H2,1-3H3,(H,17,18). The summed E-state index contributed by atoms with van der Waals surface area (Å²) in [6.45, 7) is 9.81. The average molecular weight is 293 g/mol. The van der Waals surface area contributed by atoms with Gasteiger partial charge in [0.1, 0.15) is 11.9 Å². The first-order chi connectivity index (χ1) is 10.1. The van der Waals surface area contributed by atoms with E-state index in [1.54, 1.807) is 18.4 Å². The number of guanidine groups is 1. The number of furan rings is 1. The molecule has 2 N–H and O–H groups in total. The number of aliphatic imine (C=N–C) groups is 1. The van der Waals surface area contributed by atoms with Crippen LogP contribution in [0, 0.1) is 11.8 Å². The highest BCUT2D eigenvalue weighted by atomic mass is 16.4. The van der Waals surface area contributed by atoms with Gasteiger partial charge in [0.05, 0.1) is 12.8 Å². The lowest BCUT2D eigenvalue weighted by molar-refractivity contribution is 0.157. The summed E-state index contributed by atoms with van der Waals surface area (Å²) in [6.07, 6.45) is 2.15. The number of aliphatic hydroxyl groups is 1. The van der Waals surface area contributed by atoms with Crippen LogP contribution in [0.4, 0.5) is 0 Å². The van der Waals surface area contributed by atoms with Crippen molar-refractivity contribution in [1.82, 2.24) is 10.2 Å². The van der Waals surface area contributed by atoms with Crippen LogP contribution in [0.5, 0.6) is 0 Å². The number of nitrogens with zero attached hydrogens (tertiary/aromatic N) is 2. The zero-order chi connectivity index (χ0) is 15.2. The van der Waals surface area contributed by atoms with E-state index < -0.39 is 6.10 Å². The Labute approximate surface area is 127 Å². The molecule has 0 bridgehead atoms. The Balaban J connectivity index is 2.01. The monoisotopic (exact) mass is 293 g/mol. The van der Waals surface area contributed by atoms with E-state index in [1.807, 2.05) is 0 Å². The zero-order valence-electron chi connectivity index (χ0n) is 13.2. The summed E-state index contributed by atoms with van der Waals surface area (Å²) < 4.78 is 5.21. The van der Waals surface area contributed by atoms with E-state index in [4.69, 9.17) is 4.42 Å². The molecule has 0 spiro atoms. The maximum Gasteiger partial charge on any atom is 0.194 e. The molecule has 1 fully saturated rings. The highest BCUT2D eigenvalue weighted by Gasteiger charge is 2.24.